The van der Waals surface area contributed by atoms with Crippen molar-refractivity contribution in [2.75, 3.05) is 38.7 Å². The molecule has 2 aromatic heterocycles. The summed E-state index contributed by atoms with van der Waals surface area (Å²) in [6.45, 7) is 9.86. The second-order valence-electron chi connectivity index (χ2n) is 7.50. The van der Waals surface area contributed by atoms with Crippen molar-refractivity contribution in [3.63, 3.8) is 0 Å². The molecule has 0 N–H and O–H groups in total. The van der Waals surface area contributed by atoms with Crippen LogP contribution in [0.15, 0.2) is 24.3 Å². The molecule has 2 heterocycles. The van der Waals surface area contributed by atoms with E-state index < -0.39 is 0 Å². The molecular weight excluding hydrogens is 386 g/mol. The summed E-state index contributed by atoms with van der Waals surface area (Å²) in [4.78, 5) is 21.9. The minimum Gasteiger partial charge on any atom is -0.492 e. The van der Waals surface area contributed by atoms with Crippen molar-refractivity contribution in [2.24, 2.45) is 0 Å². The largest absolute Gasteiger partial charge is 0.492 e. The Bertz CT molecular complexity index is 992. The predicted molar refractivity (Wildman–Crippen MR) is 118 cm³/mol. The lowest BCUT2D eigenvalue weighted by molar-refractivity contribution is 0.0979. The number of aromatic nitrogens is 3. The van der Waals surface area contributed by atoms with E-state index in [1.54, 1.807) is 4.90 Å². The zero-order valence-electron chi connectivity index (χ0n) is 18.0. The van der Waals surface area contributed by atoms with Crippen LogP contribution < -0.4 is 9.64 Å². The van der Waals surface area contributed by atoms with E-state index in [4.69, 9.17) is 9.72 Å². The number of benzene rings is 1. The van der Waals surface area contributed by atoms with Crippen molar-refractivity contribution >= 4 is 32.6 Å². The standard InChI is InChI=1S/C21H29N5O2S/c1-7-28-17-9-8-10-18-19(17)22-21(29-18)25(12-11-24(5)6)20(27)16-13-15(4)26(23-16)14(2)3/h8-10,13-14H,7,11-12H2,1-6H3. The van der Waals surface area contributed by atoms with Gasteiger partial charge in [-0.05, 0) is 60.0 Å². The van der Waals surface area contributed by atoms with E-state index in [-0.39, 0.29) is 11.9 Å². The van der Waals surface area contributed by atoms with Crippen LogP contribution in [0.4, 0.5) is 5.13 Å². The maximum Gasteiger partial charge on any atom is 0.280 e. The van der Waals surface area contributed by atoms with Crippen LogP contribution in [-0.4, -0.2) is 59.4 Å². The van der Waals surface area contributed by atoms with Gasteiger partial charge in [0, 0.05) is 24.8 Å². The molecule has 29 heavy (non-hydrogen) atoms. The van der Waals surface area contributed by atoms with Gasteiger partial charge in [0.05, 0.1) is 11.3 Å². The third kappa shape index (κ3) is 4.59. The van der Waals surface area contributed by atoms with Crippen LogP contribution in [0, 0.1) is 6.92 Å². The number of carbonyl (C=O) groups is 1. The number of ether oxygens (including phenoxy) is 1. The molecular formula is C21H29N5O2S. The van der Waals surface area contributed by atoms with E-state index >= 15 is 0 Å². The predicted octanol–water partition coefficient (Wildman–Crippen LogP) is 3.99. The van der Waals surface area contributed by atoms with Gasteiger partial charge in [-0.15, -0.1) is 0 Å². The van der Waals surface area contributed by atoms with E-state index in [1.165, 1.54) is 11.3 Å². The summed E-state index contributed by atoms with van der Waals surface area (Å²) in [6.07, 6.45) is 0. The molecule has 1 aromatic carbocycles. The van der Waals surface area contributed by atoms with Crippen LogP contribution >= 0.6 is 11.3 Å². The Kier molecular flexibility index (Phi) is 6.54. The second kappa shape index (κ2) is 8.92. The molecule has 0 fully saturated rings. The number of aryl methyl sites for hydroxylation is 1. The molecule has 156 valence electrons. The molecule has 0 aliphatic rings. The lowest BCUT2D eigenvalue weighted by atomic mass is 10.3. The molecule has 3 rings (SSSR count). The van der Waals surface area contributed by atoms with Crippen LogP contribution in [0.1, 0.15) is 43.0 Å². The minimum atomic E-state index is -0.133. The molecule has 0 aliphatic carbocycles. The zero-order valence-corrected chi connectivity index (χ0v) is 18.8. The molecule has 0 saturated carbocycles. The summed E-state index contributed by atoms with van der Waals surface area (Å²) in [5.41, 5.74) is 2.21. The fraction of sp³-hybridized carbons (Fsp3) is 0.476. The summed E-state index contributed by atoms with van der Waals surface area (Å²) in [6, 6.07) is 7.92. The van der Waals surface area contributed by atoms with Crippen molar-refractivity contribution in [2.45, 2.75) is 33.7 Å². The number of anilines is 1. The van der Waals surface area contributed by atoms with Gasteiger partial charge >= 0.3 is 0 Å². The van der Waals surface area contributed by atoms with E-state index in [9.17, 15) is 4.79 Å². The maximum atomic E-state index is 13.4. The van der Waals surface area contributed by atoms with E-state index in [2.05, 4.69) is 23.8 Å². The molecule has 0 unspecified atom stereocenters. The number of hydrogen-bond donors (Lipinski definition) is 0. The van der Waals surface area contributed by atoms with Crippen molar-refractivity contribution in [1.29, 1.82) is 0 Å². The molecule has 0 atom stereocenters. The highest BCUT2D eigenvalue weighted by molar-refractivity contribution is 7.22. The van der Waals surface area contributed by atoms with Gasteiger partial charge in [0.15, 0.2) is 10.8 Å². The SMILES string of the molecule is CCOc1cccc2sc(N(CCN(C)C)C(=O)c3cc(C)n(C(C)C)n3)nc12. The second-order valence-corrected chi connectivity index (χ2v) is 8.51. The van der Waals surface area contributed by atoms with Crippen LogP contribution in [0.2, 0.25) is 0 Å². The Labute approximate surface area is 175 Å². The smallest absolute Gasteiger partial charge is 0.280 e. The van der Waals surface area contributed by atoms with Gasteiger partial charge in [-0.3, -0.25) is 14.4 Å². The zero-order chi connectivity index (χ0) is 21.1. The van der Waals surface area contributed by atoms with Crippen LogP contribution in [0.25, 0.3) is 10.2 Å². The topological polar surface area (TPSA) is 63.5 Å². The highest BCUT2D eigenvalue weighted by Gasteiger charge is 2.25. The fourth-order valence-electron chi connectivity index (χ4n) is 3.14. The molecule has 3 aromatic rings. The number of nitrogens with zero attached hydrogens (tertiary/aromatic N) is 5. The van der Waals surface area contributed by atoms with Crippen LogP contribution in [0.3, 0.4) is 0 Å². The third-order valence-corrected chi connectivity index (χ3v) is 5.59. The van der Waals surface area contributed by atoms with Crippen LogP contribution in [-0.2, 0) is 0 Å². The summed E-state index contributed by atoms with van der Waals surface area (Å²) >= 11 is 1.50. The van der Waals surface area contributed by atoms with E-state index in [1.807, 2.05) is 56.9 Å². The third-order valence-electron chi connectivity index (χ3n) is 4.55. The van der Waals surface area contributed by atoms with Gasteiger partial charge in [-0.1, -0.05) is 17.4 Å². The first-order chi connectivity index (χ1) is 13.8. The average Bonchev–Trinajstić information content (AvgIpc) is 3.26. The minimum absolute atomic E-state index is 0.133. The van der Waals surface area contributed by atoms with Gasteiger partial charge < -0.3 is 9.64 Å². The molecule has 7 nitrogen and oxygen atoms in total. The number of para-hydroxylation sites is 1. The number of hydrogen-bond acceptors (Lipinski definition) is 6. The summed E-state index contributed by atoms with van der Waals surface area (Å²) in [7, 11) is 3.98. The van der Waals surface area contributed by atoms with Crippen molar-refractivity contribution in [3.8, 4) is 5.75 Å². The first-order valence-corrected chi connectivity index (χ1v) is 10.7. The molecule has 0 aliphatic heterocycles. The molecule has 0 spiro atoms. The molecule has 8 heteroatoms. The number of fused-ring (bicyclic) bond motifs is 1. The molecule has 0 bridgehead atoms. The van der Waals surface area contributed by atoms with Gasteiger partial charge in [0.2, 0.25) is 0 Å². The fourth-order valence-corrected chi connectivity index (χ4v) is 4.14. The molecule has 0 saturated heterocycles. The van der Waals surface area contributed by atoms with Gasteiger partial charge in [0.1, 0.15) is 11.3 Å². The first-order valence-electron chi connectivity index (χ1n) is 9.87. The Balaban J connectivity index is 2.01. The van der Waals surface area contributed by atoms with Gasteiger partial charge in [0.25, 0.3) is 5.91 Å². The number of amides is 1. The van der Waals surface area contributed by atoms with E-state index in [0.717, 1.165) is 28.2 Å². The normalized spacial score (nSPS) is 11.6. The van der Waals surface area contributed by atoms with Crippen LogP contribution in [0.5, 0.6) is 5.75 Å². The van der Waals surface area contributed by atoms with E-state index in [0.29, 0.717) is 24.0 Å². The Morgan fingerprint density at radius 3 is 2.66 bits per heavy atom. The quantitative estimate of drug-likeness (QED) is 0.557. The summed E-state index contributed by atoms with van der Waals surface area (Å²) in [5, 5.41) is 5.21. The molecule has 1 amide bonds. The number of thiazole rings is 1. The highest BCUT2D eigenvalue weighted by Crippen LogP contribution is 2.34. The van der Waals surface area contributed by atoms with Gasteiger partial charge in [-0.2, -0.15) is 5.10 Å². The van der Waals surface area contributed by atoms with Crippen molar-refractivity contribution < 1.29 is 9.53 Å². The van der Waals surface area contributed by atoms with Crippen molar-refractivity contribution in [1.82, 2.24) is 19.7 Å². The number of rotatable bonds is 8. The Hall–Kier alpha value is -2.45. The highest BCUT2D eigenvalue weighted by atomic mass is 32.1. The Morgan fingerprint density at radius 1 is 1.28 bits per heavy atom. The lowest BCUT2D eigenvalue weighted by Crippen LogP contribution is -2.37. The number of carbonyl (C=O) groups excluding carboxylic acids is 1. The lowest BCUT2D eigenvalue weighted by Gasteiger charge is -2.21. The summed E-state index contributed by atoms with van der Waals surface area (Å²) in [5.74, 6) is 0.610. The average molecular weight is 416 g/mol. The summed E-state index contributed by atoms with van der Waals surface area (Å²) < 4.78 is 8.59. The monoisotopic (exact) mass is 415 g/mol. The van der Waals surface area contributed by atoms with Gasteiger partial charge in [-0.25, -0.2) is 4.98 Å². The number of likely N-dealkylation sites (N-methyl/N-ethyl adjacent to an activating group) is 1. The first kappa shape index (κ1) is 21.3. The maximum absolute atomic E-state index is 13.4. The van der Waals surface area contributed by atoms with Crippen molar-refractivity contribution in [3.05, 3.63) is 35.7 Å². The molecule has 0 radical (unpaired) electrons. The Morgan fingerprint density at radius 2 is 2.03 bits per heavy atom.